The number of likely N-dealkylation sites (tertiary alicyclic amines) is 1. The Labute approximate surface area is 119 Å². The quantitative estimate of drug-likeness (QED) is 0.848. The lowest BCUT2D eigenvalue weighted by Gasteiger charge is -2.26. The van der Waals surface area contributed by atoms with E-state index in [1.54, 1.807) is 14.2 Å². The van der Waals surface area contributed by atoms with Gasteiger partial charge in [0.05, 0.1) is 20.3 Å². The van der Waals surface area contributed by atoms with Crippen molar-refractivity contribution < 1.29 is 14.3 Å². The summed E-state index contributed by atoms with van der Waals surface area (Å²) in [6, 6.07) is 5.95. The molecular weight excluding hydrogens is 254 g/mol. The smallest absolute Gasteiger partial charge is 0.226 e. The minimum Gasteiger partial charge on any atom is -0.497 e. The van der Waals surface area contributed by atoms with Crippen molar-refractivity contribution in [1.82, 2.24) is 4.90 Å². The molecule has 4 heteroatoms. The number of amides is 1. The van der Waals surface area contributed by atoms with Crippen LogP contribution in [0.25, 0.3) is 0 Å². The third kappa shape index (κ3) is 2.35. The van der Waals surface area contributed by atoms with Crippen molar-refractivity contribution in [1.29, 1.82) is 0 Å². The van der Waals surface area contributed by atoms with Crippen LogP contribution in [0.15, 0.2) is 18.2 Å². The number of nitrogens with zero attached hydrogens (tertiary/aromatic N) is 1. The fourth-order valence-electron chi connectivity index (χ4n) is 3.02. The fraction of sp³-hybridized carbons (Fsp3) is 0.562. The molecule has 1 atom stereocenters. The van der Waals surface area contributed by atoms with Crippen molar-refractivity contribution in [2.75, 3.05) is 20.8 Å². The van der Waals surface area contributed by atoms with Gasteiger partial charge in [-0.05, 0) is 43.9 Å². The van der Waals surface area contributed by atoms with Crippen LogP contribution in [0, 0.1) is 5.92 Å². The molecule has 2 aliphatic rings. The second kappa shape index (κ2) is 5.35. The van der Waals surface area contributed by atoms with Crippen LogP contribution >= 0.6 is 0 Å². The van der Waals surface area contributed by atoms with Crippen LogP contribution in [0.3, 0.4) is 0 Å². The van der Waals surface area contributed by atoms with E-state index in [1.807, 2.05) is 23.1 Å². The zero-order valence-electron chi connectivity index (χ0n) is 12.1. The summed E-state index contributed by atoms with van der Waals surface area (Å²) >= 11 is 0. The van der Waals surface area contributed by atoms with Crippen LogP contribution in [0.5, 0.6) is 11.5 Å². The highest BCUT2D eigenvalue weighted by Gasteiger charge is 2.39. The summed E-state index contributed by atoms with van der Waals surface area (Å²) in [7, 11) is 3.33. The van der Waals surface area contributed by atoms with Gasteiger partial charge in [-0.2, -0.15) is 0 Å². The van der Waals surface area contributed by atoms with Gasteiger partial charge in [-0.1, -0.05) is 0 Å². The first-order chi connectivity index (χ1) is 9.74. The molecule has 2 fully saturated rings. The van der Waals surface area contributed by atoms with Crippen LogP contribution in [-0.2, 0) is 4.79 Å². The average Bonchev–Trinajstić information content (AvgIpc) is 3.22. The van der Waals surface area contributed by atoms with E-state index in [2.05, 4.69) is 0 Å². The molecule has 4 nitrogen and oxygen atoms in total. The van der Waals surface area contributed by atoms with Crippen LogP contribution in [-0.4, -0.2) is 31.6 Å². The Bertz CT molecular complexity index is 510. The number of hydrogen-bond acceptors (Lipinski definition) is 3. The molecule has 20 heavy (non-hydrogen) atoms. The highest BCUT2D eigenvalue weighted by Crippen LogP contribution is 2.42. The van der Waals surface area contributed by atoms with Gasteiger partial charge in [-0.25, -0.2) is 0 Å². The molecule has 1 aromatic rings. The van der Waals surface area contributed by atoms with Crippen molar-refractivity contribution >= 4 is 5.91 Å². The molecule has 0 bridgehead atoms. The van der Waals surface area contributed by atoms with Gasteiger partial charge in [0.2, 0.25) is 5.91 Å². The lowest BCUT2D eigenvalue weighted by atomic mass is 10.0. The number of ether oxygens (including phenoxy) is 2. The minimum absolute atomic E-state index is 0.133. The maximum Gasteiger partial charge on any atom is 0.226 e. The molecule has 1 saturated carbocycles. The monoisotopic (exact) mass is 275 g/mol. The van der Waals surface area contributed by atoms with E-state index in [0.717, 1.165) is 49.3 Å². The summed E-state index contributed by atoms with van der Waals surface area (Å²) in [4.78, 5) is 14.4. The summed E-state index contributed by atoms with van der Waals surface area (Å²) < 4.78 is 10.8. The second-order valence-electron chi connectivity index (χ2n) is 5.57. The molecular formula is C16H21NO3. The molecule has 108 valence electrons. The predicted molar refractivity (Wildman–Crippen MR) is 76.0 cm³/mol. The van der Waals surface area contributed by atoms with Crippen LogP contribution in [0.1, 0.15) is 37.3 Å². The molecule has 0 spiro atoms. The van der Waals surface area contributed by atoms with Crippen molar-refractivity contribution in [2.45, 2.75) is 31.7 Å². The minimum atomic E-state index is 0.133. The zero-order valence-corrected chi connectivity index (χ0v) is 12.1. The van der Waals surface area contributed by atoms with E-state index in [0.29, 0.717) is 5.91 Å². The summed E-state index contributed by atoms with van der Waals surface area (Å²) in [6.07, 6.45) is 4.17. The predicted octanol–water partition coefficient (Wildman–Crippen LogP) is 2.78. The highest BCUT2D eigenvalue weighted by atomic mass is 16.5. The number of carbonyl (C=O) groups excluding carboxylic acids is 1. The number of methoxy groups -OCH3 is 2. The fourth-order valence-corrected chi connectivity index (χ4v) is 3.02. The molecule has 0 radical (unpaired) electrons. The molecule has 3 rings (SSSR count). The summed E-state index contributed by atoms with van der Waals surface area (Å²) in [6.45, 7) is 0.861. The van der Waals surface area contributed by atoms with Crippen molar-refractivity contribution in [2.24, 2.45) is 5.92 Å². The number of hydrogen-bond donors (Lipinski definition) is 0. The van der Waals surface area contributed by atoms with Crippen LogP contribution in [0.2, 0.25) is 0 Å². The molecule has 0 N–H and O–H groups in total. The largest absolute Gasteiger partial charge is 0.497 e. The molecule has 0 aromatic heterocycles. The Morgan fingerprint density at radius 2 is 2.00 bits per heavy atom. The molecule has 1 aromatic carbocycles. The summed E-state index contributed by atoms with van der Waals surface area (Å²) in [5, 5.41) is 0. The van der Waals surface area contributed by atoms with E-state index in [1.165, 1.54) is 0 Å². The Kier molecular flexibility index (Phi) is 3.55. The molecule has 1 aliphatic heterocycles. The van der Waals surface area contributed by atoms with Crippen LogP contribution < -0.4 is 9.47 Å². The first kappa shape index (κ1) is 13.3. The standard InChI is InChI=1S/C16H21NO3/c1-19-12-7-8-15(20-2)13(10-12)14-4-3-9-17(14)16(18)11-5-6-11/h7-8,10-11,14H,3-6,9H2,1-2H3/t14-/m0/s1. The molecule has 1 amide bonds. The molecule has 0 unspecified atom stereocenters. The van der Waals surface area contributed by atoms with E-state index >= 15 is 0 Å². The zero-order chi connectivity index (χ0) is 14.1. The third-order valence-corrected chi connectivity index (χ3v) is 4.26. The normalized spacial score (nSPS) is 21.9. The van der Waals surface area contributed by atoms with Crippen LogP contribution in [0.4, 0.5) is 0 Å². The van der Waals surface area contributed by atoms with Gasteiger partial charge in [-0.3, -0.25) is 4.79 Å². The number of rotatable bonds is 4. The second-order valence-corrected chi connectivity index (χ2v) is 5.57. The van der Waals surface area contributed by atoms with Gasteiger partial charge in [0.15, 0.2) is 0 Å². The first-order valence-corrected chi connectivity index (χ1v) is 7.27. The van der Waals surface area contributed by atoms with E-state index < -0.39 is 0 Å². The van der Waals surface area contributed by atoms with E-state index in [4.69, 9.17) is 9.47 Å². The van der Waals surface area contributed by atoms with Gasteiger partial charge in [0.25, 0.3) is 0 Å². The van der Waals surface area contributed by atoms with Gasteiger partial charge < -0.3 is 14.4 Å². The highest BCUT2D eigenvalue weighted by molar-refractivity contribution is 5.82. The van der Waals surface area contributed by atoms with Gasteiger partial charge >= 0.3 is 0 Å². The van der Waals surface area contributed by atoms with Crippen molar-refractivity contribution in [3.63, 3.8) is 0 Å². The first-order valence-electron chi connectivity index (χ1n) is 7.27. The number of benzene rings is 1. The Morgan fingerprint density at radius 1 is 1.20 bits per heavy atom. The summed E-state index contributed by atoms with van der Waals surface area (Å²) in [5.41, 5.74) is 1.07. The lowest BCUT2D eigenvalue weighted by Crippen LogP contribution is -2.31. The maximum absolute atomic E-state index is 12.4. The van der Waals surface area contributed by atoms with Gasteiger partial charge in [0.1, 0.15) is 11.5 Å². The molecule has 1 heterocycles. The van der Waals surface area contributed by atoms with Crippen molar-refractivity contribution in [3.05, 3.63) is 23.8 Å². The number of carbonyl (C=O) groups is 1. The Balaban J connectivity index is 1.91. The van der Waals surface area contributed by atoms with Gasteiger partial charge in [-0.15, -0.1) is 0 Å². The Morgan fingerprint density at radius 3 is 2.65 bits per heavy atom. The topological polar surface area (TPSA) is 38.8 Å². The average molecular weight is 275 g/mol. The Hall–Kier alpha value is -1.71. The SMILES string of the molecule is COc1ccc(OC)c([C@@H]2CCCN2C(=O)C2CC2)c1. The maximum atomic E-state index is 12.4. The summed E-state index contributed by atoms with van der Waals surface area (Å²) in [5.74, 6) is 2.24. The van der Waals surface area contributed by atoms with E-state index in [-0.39, 0.29) is 12.0 Å². The van der Waals surface area contributed by atoms with Gasteiger partial charge in [0, 0.05) is 18.0 Å². The molecule has 1 aliphatic carbocycles. The van der Waals surface area contributed by atoms with E-state index in [9.17, 15) is 4.79 Å². The lowest BCUT2D eigenvalue weighted by molar-refractivity contribution is -0.133. The molecule has 1 saturated heterocycles. The van der Waals surface area contributed by atoms with Crippen molar-refractivity contribution in [3.8, 4) is 11.5 Å². The third-order valence-electron chi connectivity index (χ3n) is 4.26.